The largest absolute Gasteiger partial charge is 0.435 e. The molecule has 1 N–H and O–H groups in total. The number of benzene rings is 2. The van der Waals surface area contributed by atoms with Gasteiger partial charge in [0.1, 0.15) is 0 Å². The standard InChI is InChI=1S/C22H22F7NO/c1-12-10-16(20(23,21(24,25)26)22(27,28)29)11-13(2)17(12)30-18(31)14-6-8-15(9-7-14)19(3,4)5/h6-11H,1-5H3,(H,30,31). The molecule has 2 nitrogen and oxygen atoms in total. The van der Waals surface area contributed by atoms with E-state index in [0.717, 1.165) is 5.56 Å². The molecule has 0 aliphatic rings. The molecule has 0 bridgehead atoms. The van der Waals surface area contributed by atoms with Gasteiger partial charge in [-0.25, -0.2) is 4.39 Å². The van der Waals surface area contributed by atoms with Crippen LogP contribution in [0.3, 0.4) is 0 Å². The SMILES string of the molecule is Cc1cc(C(F)(C(F)(F)F)C(F)(F)F)cc(C)c1NC(=O)c1ccc(C(C)(C)C)cc1. The predicted molar refractivity (Wildman–Crippen MR) is 104 cm³/mol. The van der Waals surface area contributed by atoms with E-state index in [1.807, 2.05) is 20.8 Å². The first-order chi connectivity index (χ1) is 13.9. The van der Waals surface area contributed by atoms with E-state index >= 15 is 0 Å². The summed E-state index contributed by atoms with van der Waals surface area (Å²) in [7, 11) is 0. The molecule has 9 heteroatoms. The van der Waals surface area contributed by atoms with Crippen LogP contribution in [0.25, 0.3) is 0 Å². The Labute approximate surface area is 175 Å². The number of alkyl halides is 7. The zero-order valence-electron chi connectivity index (χ0n) is 17.5. The van der Waals surface area contributed by atoms with Crippen molar-refractivity contribution in [2.45, 2.75) is 58.1 Å². The monoisotopic (exact) mass is 449 g/mol. The molecule has 0 aromatic heterocycles. The lowest BCUT2D eigenvalue weighted by atomic mass is 9.86. The molecule has 0 spiro atoms. The van der Waals surface area contributed by atoms with Gasteiger partial charge in [0.25, 0.3) is 5.91 Å². The molecule has 170 valence electrons. The average Bonchev–Trinajstić information content (AvgIpc) is 2.61. The fraction of sp³-hybridized carbons (Fsp3) is 0.409. The Balaban J connectivity index is 2.42. The topological polar surface area (TPSA) is 29.1 Å². The van der Waals surface area contributed by atoms with Crippen molar-refractivity contribution in [3.63, 3.8) is 0 Å². The summed E-state index contributed by atoms with van der Waals surface area (Å²) < 4.78 is 92.6. The summed E-state index contributed by atoms with van der Waals surface area (Å²) in [6, 6.07) is 7.53. The molecule has 0 atom stereocenters. The van der Waals surface area contributed by atoms with Crippen LogP contribution in [0.1, 0.15) is 53.4 Å². The van der Waals surface area contributed by atoms with Crippen LogP contribution in [-0.2, 0) is 11.1 Å². The Morgan fingerprint density at radius 3 is 1.52 bits per heavy atom. The Kier molecular flexibility index (Phi) is 6.24. The van der Waals surface area contributed by atoms with Crippen molar-refractivity contribution < 1.29 is 35.5 Å². The second-order valence-corrected chi connectivity index (χ2v) is 8.42. The second kappa shape index (κ2) is 7.84. The van der Waals surface area contributed by atoms with Crippen LogP contribution in [0.2, 0.25) is 0 Å². The molecule has 0 radical (unpaired) electrons. The molecule has 2 aromatic carbocycles. The van der Waals surface area contributed by atoms with Gasteiger partial charge in [-0.3, -0.25) is 4.79 Å². The highest BCUT2D eigenvalue weighted by atomic mass is 19.4. The maximum atomic E-state index is 14.4. The zero-order valence-corrected chi connectivity index (χ0v) is 17.5. The lowest BCUT2D eigenvalue weighted by Gasteiger charge is -2.31. The van der Waals surface area contributed by atoms with Crippen molar-refractivity contribution in [1.29, 1.82) is 0 Å². The Bertz CT molecular complexity index is 930. The lowest BCUT2D eigenvalue weighted by Crippen LogP contribution is -2.50. The Hall–Kier alpha value is -2.58. The summed E-state index contributed by atoms with van der Waals surface area (Å²) in [5, 5.41) is 2.49. The number of rotatable bonds is 3. The maximum Gasteiger partial charge on any atom is 0.435 e. The first-order valence-electron chi connectivity index (χ1n) is 9.25. The maximum absolute atomic E-state index is 14.4. The highest BCUT2D eigenvalue weighted by molar-refractivity contribution is 6.05. The number of anilines is 1. The summed E-state index contributed by atoms with van der Waals surface area (Å²) >= 11 is 0. The molecule has 2 rings (SSSR count). The molecular formula is C22H22F7NO. The number of carbonyl (C=O) groups is 1. The van der Waals surface area contributed by atoms with Crippen LogP contribution in [0.5, 0.6) is 0 Å². The van der Waals surface area contributed by atoms with E-state index < -0.39 is 29.5 Å². The average molecular weight is 449 g/mol. The fourth-order valence-corrected chi connectivity index (χ4v) is 3.15. The molecule has 1 amide bonds. The van der Waals surface area contributed by atoms with Crippen LogP contribution < -0.4 is 5.32 Å². The van der Waals surface area contributed by atoms with Gasteiger partial charge in [0.05, 0.1) is 0 Å². The predicted octanol–water partition coefficient (Wildman–Crippen LogP) is 7.14. The van der Waals surface area contributed by atoms with E-state index in [9.17, 15) is 35.5 Å². The van der Waals surface area contributed by atoms with Crippen LogP contribution in [0.15, 0.2) is 36.4 Å². The van der Waals surface area contributed by atoms with Crippen LogP contribution in [0.4, 0.5) is 36.4 Å². The third-order valence-corrected chi connectivity index (χ3v) is 4.96. The molecule has 0 aliphatic heterocycles. The van der Waals surface area contributed by atoms with Gasteiger partial charge in [-0.15, -0.1) is 0 Å². The number of nitrogens with one attached hydrogen (secondary N) is 1. The second-order valence-electron chi connectivity index (χ2n) is 8.42. The Morgan fingerprint density at radius 1 is 0.742 bits per heavy atom. The van der Waals surface area contributed by atoms with Crippen LogP contribution in [-0.4, -0.2) is 18.3 Å². The minimum atomic E-state index is -6.20. The van der Waals surface area contributed by atoms with E-state index in [1.54, 1.807) is 24.3 Å². The van der Waals surface area contributed by atoms with Gasteiger partial charge in [-0.1, -0.05) is 45.0 Å². The number of hydrogen-bond acceptors (Lipinski definition) is 1. The third-order valence-electron chi connectivity index (χ3n) is 4.96. The van der Waals surface area contributed by atoms with Crippen molar-refractivity contribution in [1.82, 2.24) is 0 Å². The molecule has 0 heterocycles. The number of amides is 1. The first kappa shape index (κ1) is 24.7. The third kappa shape index (κ3) is 4.70. The van der Waals surface area contributed by atoms with Crippen LogP contribution in [0, 0.1) is 13.8 Å². The van der Waals surface area contributed by atoms with Gasteiger partial charge in [0.15, 0.2) is 0 Å². The van der Waals surface area contributed by atoms with E-state index in [2.05, 4.69) is 5.32 Å². The van der Waals surface area contributed by atoms with Gasteiger partial charge in [-0.2, -0.15) is 26.3 Å². The van der Waals surface area contributed by atoms with Crippen LogP contribution >= 0.6 is 0 Å². The summed E-state index contributed by atoms with van der Waals surface area (Å²) in [5.41, 5.74) is -6.29. The van der Waals surface area contributed by atoms with Crippen molar-refractivity contribution >= 4 is 11.6 Å². The summed E-state index contributed by atoms with van der Waals surface area (Å²) in [6.45, 7) is 8.36. The number of aryl methyl sites for hydroxylation is 2. The molecule has 0 aliphatic carbocycles. The number of hydrogen-bond donors (Lipinski definition) is 1. The van der Waals surface area contributed by atoms with Crippen molar-refractivity contribution in [2.75, 3.05) is 5.32 Å². The molecule has 31 heavy (non-hydrogen) atoms. The molecule has 0 saturated carbocycles. The molecule has 2 aromatic rings. The van der Waals surface area contributed by atoms with Gasteiger partial charge in [-0.05, 0) is 48.1 Å². The normalized spacial score (nSPS) is 13.3. The van der Waals surface area contributed by atoms with E-state index in [1.165, 1.54) is 13.8 Å². The first-order valence-corrected chi connectivity index (χ1v) is 9.25. The quantitative estimate of drug-likeness (QED) is 0.496. The summed E-state index contributed by atoms with van der Waals surface area (Å²) in [4.78, 5) is 12.5. The molecular weight excluding hydrogens is 427 g/mol. The van der Waals surface area contributed by atoms with E-state index in [4.69, 9.17) is 0 Å². The lowest BCUT2D eigenvalue weighted by molar-refractivity contribution is -0.348. The van der Waals surface area contributed by atoms with Gasteiger partial charge in [0.2, 0.25) is 0 Å². The minimum Gasteiger partial charge on any atom is -0.322 e. The zero-order chi connectivity index (χ0) is 24.0. The van der Waals surface area contributed by atoms with E-state index in [-0.39, 0.29) is 27.8 Å². The van der Waals surface area contributed by atoms with Crippen molar-refractivity contribution in [3.8, 4) is 0 Å². The molecule has 0 fully saturated rings. The smallest absolute Gasteiger partial charge is 0.322 e. The minimum absolute atomic E-state index is 0.0142. The highest BCUT2D eigenvalue weighted by Crippen LogP contribution is 2.53. The summed E-state index contributed by atoms with van der Waals surface area (Å²) in [5.74, 6) is -0.599. The fourth-order valence-electron chi connectivity index (χ4n) is 3.15. The Morgan fingerprint density at radius 2 is 1.16 bits per heavy atom. The highest BCUT2D eigenvalue weighted by Gasteiger charge is 2.73. The molecule has 0 unspecified atom stereocenters. The summed E-state index contributed by atoms with van der Waals surface area (Å²) in [6.07, 6.45) is -12.4. The number of carbonyl (C=O) groups excluding carboxylic acids is 1. The van der Waals surface area contributed by atoms with Crippen molar-refractivity contribution in [2.24, 2.45) is 0 Å². The van der Waals surface area contributed by atoms with Crippen molar-refractivity contribution in [3.05, 3.63) is 64.2 Å². The molecule has 0 saturated heterocycles. The van der Waals surface area contributed by atoms with Gasteiger partial charge in [0, 0.05) is 16.8 Å². The van der Waals surface area contributed by atoms with Gasteiger partial charge < -0.3 is 5.32 Å². The van der Waals surface area contributed by atoms with Gasteiger partial charge >= 0.3 is 18.0 Å². The van der Waals surface area contributed by atoms with E-state index in [0.29, 0.717) is 12.1 Å². The number of halogens is 7.